The molecule has 1 amide bonds. The highest BCUT2D eigenvalue weighted by Gasteiger charge is 2.23. The number of anilines is 1. The van der Waals surface area contributed by atoms with Crippen molar-refractivity contribution < 1.29 is 23.5 Å². The van der Waals surface area contributed by atoms with Crippen molar-refractivity contribution in [3.8, 4) is 0 Å². The van der Waals surface area contributed by atoms with E-state index in [1.54, 1.807) is 27.7 Å². The van der Waals surface area contributed by atoms with Crippen LogP contribution in [0.25, 0.3) is 0 Å². The van der Waals surface area contributed by atoms with E-state index in [4.69, 9.17) is 20.8 Å². The SMILES string of the molecule is CCc1nc(NC(=O)OC(C)(C)C)oc1C(=O)OCCl. The number of carbonyl (C=O) groups is 2. The molecule has 1 aromatic heterocycles. The van der Waals surface area contributed by atoms with E-state index in [2.05, 4.69) is 15.0 Å². The molecule has 0 aliphatic carbocycles. The fourth-order valence-corrected chi connectivity index (χ4v) is 1.41. The molecule has 0 saturated heterocycles. The first-order valence-corrected chi connectivity index (χ1v) is 6.53. The van der Waals surface area contributed by atoms with E-state index in [-0.39, 0.29) is 17.8 Å². The van der Waals surface area contributed by atoms with E-state index in [9.17, 15) is 9.59 Å². The van der Waals surface area contributed by atoms with Crippen LogP contribution in [0.3, 0.4) is 0 Å². The third-order valence-electron chi connectivity index (χ3n) is 2.01. The molecule has 0 unspecified atom stereocenters. The molecule has 0 atom stereocenters. The normalized spacial score (nSPS) is 11.1. The van der Waals surface area contributed by atoms with Crippen LogP contribution in [0.1, 0.15) is 43.9 Å². The summed E-state index contributed by atoms with van der Waals surface area (Å²) in [6, 6.07) is -0.421. The van der Waals surface area contributed by atoms with Crippen LogP contribution in [0.2, 0.25) is 0 Å². The van der Waals surface area contributed by atoms with E-state index < -0.39 is 17.7 Å². The van der Waals surface area contributed by atoms with Crippen LogP contribution < -0.4 is 5.32 Å². The molecule has 0 aliphatic heterocycles. The molecule has 1 aromatic rings. The maximum absolute atomic E-state index is 11.6. The number of oxazole rings is 1. The molecule has 8 heteroatoms. The van der Waals surface area contributed by atoms with Gasteiger partial charge in [-0.1, -0.05) is 18.5 Å². The lowest BCUT2D eigenvalue weighted by atomic mass is 10.2. The van der Waals surface area contributed by atoms with Crippen molar-refractivity contribution in [2.75, 3.05) is 11.4 Å². The van der Waals surface area contributed by atoms with Gasteiger partial charge in [0.25, 0.3) is 0 Å². The van der Waals surface area contributed by atoms with E-state index in [1.807, 2.05) is 0 Å². The Morgan fingerprint density at radius 2 is 2.05 bits per heavy atom. The van der Waals surface area contributed by atoms with Gasteiger partial charge in [-0.05, 0) is 27.2 Å². The van der Waals surface area contributed by atoms with Gasteiger partial charge >= 0.3 is 18.1 Å². The van der Waals surface area contributed by atoms with Crippen LogP contribution in [0.5, 0.6) is 0 Å². The molecule has 0 aromatic carbocycles. The zero-order valence-electron chi connectivity index (χ0n) is 11.8. The lowest BCUT2D eigenvalue weighted by Gasteiger charge is -2.18. The van der Waals surface area contributed by atoms with E-state index >= 15 is 0 Å². The Balaban J connectivity index is 2.82. The minimum atomic E-state index is -0.735. The first-order chi connectivity index (χ1) is 9.26. The molecule has 0 aliphatic rings. The number of nitrogens with one attached hydrogen (secondary N) is 1. The Labute approximate surface area is 121 Å². The molecular weight excluding hydrogens is 288 g/mol. The first kappa shape index (κ1) is 16.3. The number of carbonyl (C=O) groups excluding carboxylic acids is 2. The number of hydrogen-bond acceptors (Lipinski definition) is 6. The molecule has 0 saturated carbocycles. The summed E-state index contributed by atoms with van der Waals surface area (Å²) in [5.41, 5.74) is -0.281. The standard InChI is InChI=1S/C12H17ClN2O5/c1-5-7-8(9(16)18-6-13)19-10(14-7)15-11(17)20-12(2,3)4/h5-6H2,1-4H3,(H,14,15,17). The van der Waals surface area contributed by atoms with Crippen LogP contribution in [-0.2, 0) is 15.9 Å². The Hall–Kier alpha value is -1.76. The monoisotopic (exact) mass is 304 g/mol. The number of amides is 1. The van der Waals surface area contributed by atoms with E-state index in [0.29, 0.717) is 12.1 Å². The molecule has 0 spiro atoms. The number of hydrogen-bond donors (Lipinski definition) is 1. The lowest BCUT2D eigenvalue weighted by Crippen LogP contribution is -2.27. The number of rotatable bonds is 4. The summed E-state index contributed by atoms with van der Waals surface area (Å²) in [6.45, 7) is 6.96. The predicted molar refractivity (Wildman–Crippen MR) is 71.9 cm³/mol. The fraction of sp³-hybridized carbons (Fsp3) is 0.583. The summed E-state index contributed by atoms with van der Waals surface area (Å²) < 4.78 is 14.8. The number of ether oxygens (including phenoxy) is 2. The number of aryl methyl sites for hydroxylation is 1. The summed E-state index contributed by atoms with van der Waals surface area (Å²) in [5, 5.41) is 2.31. The van der Waals surface area contributed by atoms with Crippen LogP contribution in [0, 0.1) is 0 Å². The highest BCUT2D eigenvalue weighted by atomic mass is 35.5. The van der Waals surface area contributed by atoms with Crippen molar-refractivity contribution in [3.63, 3.8) is 0 Å². The Bertz CT molecular complexity index is 493. The lowest BCUT2D eigenvalue weighted by molar-refractivity contribution is 0.0532. The highest BCUT2D eigenvalue weighted by molar-refractivity contribution is 6.17. The second kappa shape index (κ2) is 6.60. The number of esters is 1. The Morgan fingerprint density at radius 3 is 2.55 bits per heavy atom. The Kier molecular flexibility index (Phi) is 5.38. The van der Waals surface area contributed by atoms with Crippen LogP contribution in [0.4, 0.5) is 10.8 Å². The summed E-state index contributed by atoms with van der Waals surface area (Å²) in [5.74, 6) is -0.819. The van der Waals surface area contributed by atoms with Crippen LogP contribution in [-0.4, -0.2) is 28.7 Å². The van der Waals surface area contributed by atoms with Crippen molar-refractivity contribution in [1.82, 2.24) is 4.98 Å². The van der Waals surface area contributed by atoms with Gasteiger partial charge in [0, 0.05) is 0 Å². The quantitative estimate of drug-likeness (QED) is 0.679. The smallest absolute Gasteiger partial charge is 0.415 e. The molecule has 7 nitrogen and oxygen atoms in total. The van der Waals surface area contributed by atoms with Crippen LogP contribution in [0.15, 0.2) is 4.42 Å². The number of nitrogens with zero attached hydrogens (tertiary/aromatic N) is 1. The Morgan fingerprint density at radius 1 is 1.40 bits per heavy atom. The zero-order chi connectivity index (χ0) is 15.3. The summed E-state index contributed by atoms with van der Waals surface area (Å²) >= 11 is 5.31. The molecule has 0 bridgehead atoms. The predicted octanol–water partition coefficient (Wildman–Crippen LogP) is 2.94. The minimum Gasteiger partial charge on any atom is -0.443 e. The second-order valence-corrected chi connectivity index (χ2v) is 5.03. The van der Waals surface area contributed by atoms with Gasteiger partial charge in [0.1, 0.15) is 5.60 Å². The summed E-state index contributed by atoms with van der Waals surface area (Å²) in [4.78, 5) is 27.1. The van der Waals surface area contributed by atoms with Gasteiger partial charge in [-0.25, -0.2) is 14.9 Å². The molecule has 1 N–H and O–H groups in total. The molecular formula is C12H17ClN2O5. The summed E-state index contributed by atoms with van der Waals surface area (Å²) in [7, 11) is 0. The van der Waals surface area contributed by atoms with Gasteiger partial charge in [0.15, 0.2) is 6.07 Å². The van der Waals surface area contributed by atoms with Gasteiger partial charge in [0.2, 0.25) is 5.76 Å². The number of halogens is 1. The van der Waals surface area contributed by atoms with Crippen molar-refractivity contribution in [2.24, 2.45) is 0 Å². The average Bonchev–Trinajstić information content (AvgIpc) is 2.69. The molecule has 1 heterocycles. The van der Waals surface area contributed by atoms with Crippen molar-refractivity contribution >= 4 is 29.7 Å². The minimum absolute atomic E-state index is 0.0841. The van der Waals surface area contributed by atoms with E-state index in [1.165, 1.54) is 0 Å². The molecule has 0 radical (unpaired) electrons. The van der Waals surface area contributed by atoms with Gasteiger partial charge in [0.05, 0.1) is 5.69 Å². The van der Waals surface area contributed by atoms with Gasteiger partial charge in [-0.3, -0.25) is 0 Å². The number of alkyl halides is 1. The largest absolute Gasteiger partial charge is 0.443 e. The van der Waals surface area contributed by atoms with E-state index in [0.717, 1.165) is 0 Å². The average molecular weight is 305 g/mol. The first-order valence-electron chi connectivity index (χ1n) is 5.99. The topological polar surface area (TPSA) is 90.7 Å². The van der Waals surface area contributed by atoms with Gasteiger partial charge in [-0.2, -0.15) is 4.98 Å². The molecule has 1 rings (SSSR count). The van der Waals surface area contributed by atoms with Crippen molar-refractivity contribution in [1.29, 1.82) is 0 Å². The molecule has 112 valence electrons. The zero-order valence-corrected chi connectivity index (χ0v) is 12.5. The third kappa shape index (κ3) is 4.73. The van der Waals surface area contributed by atoms with Crippen molar-refractivity contribution in [3.05, 3.63) is 11.5 Å². The third-order valence-corrected chi connectivity index (χ3v) is 2.12. The van der Waals surface area contributed by atoms with Gasteiger partial charge < -0.3 is 13.9 Å². The molecule has 0 fully saturated rings. The van der Waals surface area contributed by atoms with Crippen molar-refractivity contribution in [2.45, 2.75) is 39.7 Å². The fourth-order valence-electron chi connectivity index (χ4n) is 1.31. The second-order valence-electron chi connectivity index (χ2n) is 4.82. The van der Waals surface area contributed by atoms with Gasteiger partial charge in [-0.15, -0.1) is 0 Å². The molecule has 20 heavy (non-hydrogen) atoms. The maximum Gasteiger partial charge on any atom is 0.415 e. The maximum atomic E-state index is 11.6. The summed E-state index contributed by atoms with van der Waals surface area (Å²) in [6.07, 6.45) is -0.287. The van der Waals surface area contributed by atoms with Crippen LogP contribution >= 0.6 is 11.6 Å². The highest BCUT2D eigenvalue weighted by Crippen LogP contribution is 2.18. The number of aromatic nitrogens is 1.